The quantitative estimate of drug-likeness (QED) is 0.296. The SMILES string of the molecule is C[C@]12CC[C@H]3[C@]4(C=C[C@@]5(C=C4C(=O)Cc4c(F)cccc4Cl)CC(O)CC[C@]35C)[C@@H]1CC[C@@]2(O)CN1CCN(c2ccccc2O)CC1. The Labute approximate surface area is 288 Å². The molecule has 0 aromatic heterocycles. The summed E-state index contributed by atoms with van der Waals surface area (Å²) in [6, 6.07) is 12.0. The number of ketones is 1. The van der Waals surface area contributed by atoms with Crippen molar-refractivity contribution in [2.75, 3.05) is 37.6 Å². The lowest BCUT2D eigenvalue weighted by molar-refractivity contribution is -0.179. The predicted molar refractivity (Wildman–Crippen MR) is 185 cm³/mol. The highest BCUT2D eigenvalue weighted by Gasteiger charge is 2.74. The number of aliphatic hydroxyl groups is 2. The fourth-order valence-electron chi connectivity index (χ4n) is 11.9. The summed E-state index contributed by atoms with van der Waals surface area (Å²) < 4.78 is 15.1. The van der Waals surface area contributed by atoms with Crippen molar-refractivity contribution in [3.63, 3.8) is 0 Å². The number of aliphatic hydroxyl groups excluding tert-OH is 1. The molecule has 4 fully saturated rings. The molecular formula is C40H48ClFN2O4. The van der Waals surface area contributed by atoms with Crippen molar-refractivity contribution < 1.29 is 24.5 Å². The van der Waals surface area contributed by atoms with Gasteiger partial charge in [0.25, 0.3) is 0 Å². The van der Waals surface area contributed by atoms with E-state index in [4.69, 9.17) is 11.6 Å². The molecule has 9 rings (SSSR count). The summed E-state index contributed by atoms with van der Waals surface area (Å²) in [5.41, 5.74) is -0.662. The van der Waals surface area contributed by atoms with E-state index < -0.39 is 33.8 Å². The van der Waals surface area contributed by atoms with Crippen LogP contribution in [0.4, 0.5) is 10.1 Å². The van der Waals surface area contributed by atoms with Crippen LogP contribution in [0.1, 0.15) is 64.4 Å². The van der Waals surface area contributed by atoms with E-state index in [1.807, 2.05) is 18.2 Å². The van der Waals surface area contributed by atoms with Gasteiger partial charge in [0, 0.05) is 71.5 Å². The molecular weight excluding hydrogens is 627 g/mol. The minimum Gasteiger partial charge on any atom is -0.506 e. The fourth-order valence-corrected chi connectivity index (χ4v) is 12.1. The predicted octanol–water partition coefficient (Wildman–Crippen LogP) is 6.71. The van der Waals surface area contributed by atoms with Crippen LogP contribution < -0.4 is 4.90 Å². The number of carbonyl (C=O) groups excluding carboxylic acids is 1. The number of piperazine rings is 1. The number of fused-ring (bicyclic) bond motifs is 1. The first-order chi connectivity index (χ1) is 22.9. The Morgan fingerprint density at radius 1 is 0.938 bits per heavy atom. The third-order valence-corrected chi connectivity index (χ3v) is 14.8. The molecule has 2 aromatic carbocycles. The normalized spacial score (nSPS) is 40.2. The maximum atomic E-state index is 15.1. The Balaban J connectivity index is 1.13. The molecule has 3 N–H and O–H groups in total. The maximum absolute atomic E-state index is 15.1. The van der Waals surface area contributed by atoms with E-state index in [1.54, 1.807) is 18.2 Å². The zero-order valence-electron chi connectivity index (χ0n) is 28.1. The highest BCUT2D eigenvalue weighted by Crippen LogP contribution is 2.78. The molecule has 0 amide bonds. The number of anilines is 1. The van der Waals surface area contributed by atoms with E-state index in [1.165, 1.54) is 6.07 Å². The Kier molecular flexibility index (Phi) is 7.55. The number of Topliss-reactive ketones (excluding diaryl/α,β-unsaturated/α-hetero) is 1. The van der Waals surface area contributed by atoms with Gasteiger partial charge in [0.05, 0.1) is 17.4 Å². The lowest BCUT2D eigenvalue weighted by Gasteiger charge is -2.71. The van der Waals surface area contributed by atoms with E-state index in [-0.39, 0.29) is 40.0 Å². The topological polar surface area (TPSA) is 84.2 Å². The number of phenolic OH excluding ortho intramolecular Hbond substituents is 1. The van der Waals surface area contributed by atoms with E-state index in [0.29, 0.717) is 25.1 Å². The first-order valence-electron chi connectivity index (χ1n) is 17.9. The lowest BCUT2D eigenvalue weighted by atomic mass is 9.32. The molecule has 2 bridgehead atoms. The third kappa shape index (κ3) is 4.42. The second-order valence-electron chi connectivity index (χ2n) is 16.4. The van der Waals surface area contributed by atoms with E-state index in [9.17, 15) is 20.1 Å². The molecule has 6 aliphatic carbocycles. The molecule has 6 nitrogen and oxygen atoms in total. The van der Waals surface area contributed by atoms with Crippen LogP contribution in [0, 0.1) is 39.3 Å². The molecule has 8 heteroatoms. The smallest absolute Gasteiger partial charge is 0.164 e. The number of rotatable bonds is 6. The summed E-state index contributed by atoms with van der Waals surface area (Å²) in [5.74, 6) is -0.0475. The molecule has 1 aliphatic heterocycles. The Hall–Kier alpha value is -2.71. The minimum absolute atomic E-state index is 0.0424. The van der Waals surface area contributed by atoms with Crippen molar-refractivity contribution in [3.8, 4) is 5.75 Å². The number of para-hydroxylation sites is 2. The maximum Gasteiger partial charge on any atom is 0.164 e. The van der Waals surface area contributed by atoms with Crippen LogP contribution in [0.3, 0.4) is 0 Å². The van der Waals surface area contributed by atoms with Gasteiger partial charge in [-0.15, -0.1) is 0 Å². The fraction of sp³-hybridized carbons (Fsp3) is 0.575. The summed E-state index contributed by atoms with van der Waals surface area (Å²) in [6.07, 6.45) is 11.7. The number of allylic oxidation sites excluding steroid dienone is 4. The van der Waals surface area contributed by atoms with Gasteiger partial charge in [-0.2, -0.15) is 0 Å². The Morgan fingerprint density at radius 3 is 2.40 bits per heavy atom. The van der Waals surface area contributed by atoms with Crippen molar-refractivity contribution in [2.24, 2.45) is 33.5 Å². The van der Waals surface area contributed by atoms with Crippen LogP contribution in [0.2, 0.25) is 5.02 Å². The summed E-state index contributed by atoms with van der Waals surface area (Å²) in [6.45, 7) is 8.35. The standard InChI is InChI=1S/C40H48ClFN2O4/c1-36-13-10-26(45)23-38(36)16-17-40(28(24-38)33(47)22-27-29(41)6-5-7-30(27)42)34(36)11-14-37(2)35(40)12-15-39(37,48)25-43-18-20-44(21-19-43)31-8-3-4-9-32(31)46/h3-9,16-17,24,26,34-35,45-46,48H,10-15,18-23,25H2,1-2H3/t26?,34-,35-,36-,37+,38+,39-,40-/m1/s1. The summed E-state index contributed by atoms with van der Waals surface area (Å²) in [4.78, 5) is 19.2. The third-order valence-electron chi connectivity index (χ3n) is 14.5. The van der Waals surface area contributed by atoms with E-state index >= 15 is 4.39 Å². The summed E-state index contributed by atoms with van der Waals surface area (Å²) in [5, 5.41) is 34.4. The van der Waals surface area contributed by atoms with Gasteiger partial charge in [-0.05, 0) is 86.5 Å². The first-order valence-corrected chi connectivity index (χ1v) is 18.3. The number of β-amino-alcohol motifs (C(OH)–C–C–N with tert-alkyl or cyclic N) is 1. The van der Waals surface area contributed by atoms with Gasteiger partial charge in [0.1, 0.15) is 11.6 Å². The van der Waals surface area contributed by atoms with Crippen LogP contribution in [0.5, 0.6) is 5.75 Å². The van der Waals surface area contributed by atoms with Crippen LogP contribution in [-0.2, 0) is 11.2 Å². The second-order valence-corrected chi connectivity index (χ2v) is 16.8. The monoisotopic (exact) mass is 674 g/mol. The molecule has 1 saturated heterocycles. The number of benzene rings is 2. The minimum atomic E-state index is -0.930. The van der Waals surface area contributed by atoms with Gasteiger partial charge in [-0.1, -0.05) is 61.9 Å². The molecule has 8 atom stereocenters. The van der Waals surface area contributed by atoms with Gasteiger partial charge < -0.3 is 20.2 Å². The number of phenols is 1. The van der Waals surface area contributed by atoms with Gasteiger partial charge in [0.15, 0.2) is 5.78 Å². The molecule has 7 aliphatic rings. The summed E-state index contributed by atoms with van der Waals surface area (Å²) in [7, 11) is 0. The van der Waals surface area contributed by atoms with Crippen molar-refractivity contribution in [2.45, 2.75) is 76.9 Å². The van der Waals surface area contributed by atoms with Crippen molar-refractivity contribution in [3.05, 3.63) is 82.7 Å². The zero-order valence-corrected chi connectivity index (χ0v) is 28.9. The van der Waals surface area contributed by atoms with Gasteiger partial charge in [-0.25, -0.2) is 4.39 Å². The van der Waals surface area contributed by atoms with E-state index in [0.717, 1.165) is 69.5 Å². The number of aromatic hydroxyl groups is 1. The van der Waals surface area contributed by atoms with Crippen LogP contribution in [0.15, 0.2) is 66.3 Å². The van der Waals surface area contributed by atoms with Crippen LogP contribution >= 0.6 is 11.6 Å². The second kappa shape index (κ2) is 11.1. The lowest BCUT2D eigenvalue weighted by Crippen LogP contribution is -2.67. The largest absolute Gasteiger partial charge is 0.506 e. The Bertz CT molecular complexity index is 1690. The average molecular weight is 675 g/mol. The summed E-state index contributed by atoms with van der Waals surface area (Å²) >= 11 is 6.46. The molecule has 2 spiro atoms. The molecule has 1 heterocycles. The van der Waals surface area contributed by atoms with Crippen molar-refractivity contribution in [1.29, 1.82) is 0 Å². The van der Waals surface area contributed by atoms with Gasteiger partial charge >= 0.3 is 0 Å². The first kappa shape index (κ1) is 32.5. The Morgan fingerprint density at radius 2 is 1.65 bits per heavy atom. The van der Waals surface area contributed by atoms with Crippen LogP contribution in [-0.4, -0.2) is 70.4 Å². The van der Waals surface area contributed by atoms with Gasteiger partial charge in [-0.3, -0.25) is 9.69 Å². The number of hydrogen-bond acceptors (Lipinski definition) is 6. The van der Waals surface area contributed by atoms with Gasteiger partial charge in [0.2, 0.25) is 0 Å². The zero-order chi connectivity index (χ0) is 33.7. The molecule has 2 aromatic rings. The molecule has 3 saturated carbocycles. The highest BCUT2D eigenvalue weighted by molar-refractivity contribution is 6.31. The molecule has 0 radical (unpaired) electrons. The molecule has 48 heavy (non-hydrogen) atoms. The number of nitrogens with zero attached hydrogens (tertiary/aromatic N) is 2. The van der Waals surface area contributed by atoms with Crippen molar-refractivity contribution in [1.82, 2.24) is 4.90 Å². The molecule has 1 unspecified atom stereocenters. The number of carbonyl (C=O) groups is 1. The average Bonchev–Trinajstić information content (AvgIpc) is 3.33. The molecule has 256 valence electrons. The highest BCUT2D eigenvalue weighted by atomic mass is 35.5. The van der Waals surface area contributed by atoms with Crippen molar-refractivity contribution >= 4 is 23.1 Å². The van der Waals surface area contributed by atoms with E-state index in [2.05, 4.69) is 41.9 Å². The number of hydrogen-bond donors (Lipinski definition) is 3. The number of halogens is 2. The van der Waals surface area contributed by atoms with Crippen LogP contribution in [0.25, 0.3) is 0 Å².